The number of nitrogens with zero attached hydrogens (tertiary/aromatic N) is 1. The monoisotopic (exact) mass is 285 g/mol. The number of aryl methyl sites for hydroxylation is 1. The maximum atomic E-state index is 11.8. The van der Waals surface area contributed by atoms with Crippen molar-refractivity contribution in [2.75, 3.05) is 11.9 Å². The summed E-state index contributed by atoms with van der Waals surface area (Å²) in [5.74, 6) is -0.677. The molecule has 0 radical (unpaired) electrons. The van der Waals surface area contributed by atoms with Gasteiger partial charge in [0.05, 0.1) is 12.2 Å². The van der Waals surface area contributed by atoms with Crippen molar-refractivity contribution in [3.8, 4) is 0 Å². The highest BCUT2D eigenvalue weighted by molar-refractivity contribution is 5.99. The zero-order valence-electron chi connectivity index (χ0n) is 11.5. The van der Waals surface area contributed by atoms with E-state index in [1.807, 2.05) is 6.07 Å². The third-order valence-corrected chi connectivity index (χ3v) is 2.82. The molecule has 0 bridgehead atoms. The quantitative estimate of drug-likeness (QED) is 0.870. The van der Waals surface area contributed by atoms with Crippen molar-refractivity contribution in [3.05, 3.63) is 64.6 Å². The number of nitrogens with one attached hydrogen (secondary N) is 2. The number of rotatable bonds is 4. The molecule has 0 saturated carbocycles. The van der Waals surface area contributed by atoms with Crippen molar-refractivity contribution >= 4 is 17.5 Å². The van der Waals surface area contributed by atoms with Gasteiger partial charge in [-0.05, 0) is 18.2 Å². The van der Waals surface area contributed by atoms with Crippen LogP contribution < -0.4 is 16.2 Å². The molecule has 6 nitrogen and oxygen atoms in total. The highest BCUT2D eigenvalue weighted by atomic mass is 16.2. The largest absolute Gasteiger partial charge is 0.343 e. The van der Waals surface area contributed by atoms with Crippen LogP contribution in [0.25, 0.3) is 0 Å². The third-order valence-electron chi connectivity index (χ3n) is 2.82. The zero-order chi connectivity index (χ0) is 15.2. The van der Waals surface area contributed by atoms with Gasteiger partial charge in [-0.3, -0.25) is 14.4 Å². The second-order valence-electron chi connectivity index (χ2n) is 4.46. The number of hydrogen-bond acceptors (Lipinski definition) is 3. The van der Waals surface area contributed by atoms with Crippen LogP contribution in [0.2, 0.25) is 0 Å². The number of carbonyl (C=O) groups is 2. The number of pyridine rings is 1. The summed E-state index contributed by atoms with van der Waals surface area (Å²) in [7, 11) is 1.59. The highest BCUT2D eigenvalue weighted by Crippen LogP contribution is 2.02. The van der Waals surface area contributed by atoms with Gasteiger partial charge in [-0.2, -0.15) is 0 Å². The first-order valence-electron chi connectivity index (χ1n) is 6.36. The van der Waals surface area contributed by atoms with E-state index < -0.39 is 0 Å². The van der Waals surface area contributed by atoms with Gasteiger partial charge in [0.15, 0.2) is 0 Å². The minimum atomic E-state index is -0.363. The molecule has 0 saturated heterocycles. The molecule has 2 N–H and O–H groups in total. The maximum absolute atomic E-state index is 11.8. The van der Waals surface area contributed by atoms with Gasteiger partial charge >= 0.3 is 0 Å². The Labute approximate surface area is 121 Å². The SMILES string of the molecule is Cn1cc(NC(=O)CNC(=O)c2ccccc2)ccc1=O. The lowest BCUT2D eigenvalue weighted by atomic mass is 10.2. The van der Waals surface area contributed by atoms with Crippen molar-refractivity contribution in [2.45, 2.75) is 0 Å². The lowest BCUT2D eigenvalue weighted by Gasteiger charge is -2.08. The van der Waals surface area contributed by atoms with Crippen LogP contribution in [0.4, 0.5) is 5.69 Å². The van der Waals surface area contributed by atoms with Gasteiger partial charge in [0.2, 0.25) is 11.5 Å². The maximum Gasteiger partial charge on any atom is 0.251 e. The van der Waals surface area contributed by atoms with Crippen molar-refractivity contribution < 1.29 is 9.59 Å². The number of carbonyl (C=O) groups excluding carboxylic acids is 2. The molecule has 21 heavy (non-hydrogen) atoms. The Morgan fingerprint density at radius 2 is 1.81 bits per heavy atom. The van der Waals surface area contributed by atoms with E-state index in [0.29, 0.717) is 11.3 Å². The van der Waals surface area contributed by atoms with Crippen molar-refractivity contribution in [2.24, 2.45) is 7.05 Å². The first kappa shape index (κ1) is 14.5. The normalized spacial score (nSPS) is 9.95. The van der Waals surface area contributed by atoms with E-state index in [0.717, 1.165) is 0 Å². The van der Waals surface area contributed by atoms with Crippen LogP contribution >= 0.6 is 0 Å². The summed E-state index contributed by atoms with van der Waals surface area (Å²) in [6.07, 6.45) is 1.51. The number of benzene rings is 1. The molecule has 6 heteroatoms. The van der Waals surface area contributed by atoms with Crippen molar-refractivity contribution in [1.29, 1.82) is 0 Å². The minimum absolute atomic E-state index is 0.142. The summed E-state index contributed by atoms with van der Waals surface area (Å²) in [5.41, 5.74) is 0.828. The first-order chi connectivity index (χ1) is 10.1. The fraction of sp³-hybridized carbons (Fsp3) is 0.133. The van der Waals surface area contributed by atoms with Gasteiger partial charge in [0.1, 0.15) is 0 Å². The van der Waals surface area contributed by atoms with E-state index in [4.69, 9.17) is 0 Å². The lowest BCUT2D eigenvalue weighted by Crippen LogP contribution is -2.33. The number of aromatic nitrogens is 1. The van der Waals surface area contributed by atoms with Gasteiger partial charge in [0, 0.05) is 24.9 Å². The van der Waals surface area contributed by atoms with Crippen LogP contribution in [-0.4, -0.2) is 22.9 Å². The molecule has 0 fully saturated rings. The van der Waals surface area contributed by atoms with E-state index in [9.17, 15) is 14.4 Å². The van der Waals surface area contributed by atoms with Crippen molar-refractivity contribution in [1.82, 2.24) is 9.88 Å². The molecular weight excluding hydrogens is 270 g/mol. The Morgan fingerprint density at radius 1 is 1.10 bits per heavy atom. The summed E-state index contributed by atoms with van der Waals surface area (Å²) in [4.78, 5) is 34.7. The van der Waals surface area contributed by atoms with Gasteiger partial charge in [-0.15, -0.1) is 0 Å². The molecule has 0 unspecified atom stereocenters. The van der Waals surface area contributed by atoms with Gasteiger partial charge in [0.25, 0.3) is 5.91 Å². The summed E-state index contributed by atoms with van der Waals surface area (Å²) >= 11 is 0. The second kappa shape index (κ2) is 6.51. The molecule has 0 aliphatic carbocycles. The molecule has 0 spiro atoms. The van der Waals surface area contributed by atoms with E-state index in [1.165, 1.54) is 22.9 Å². The Hall–Kier alpha value is -2.89. The van der Waals surface area contributed by atoms with Crippen LogP contribution in [0.3, 0.4) is 0 Å². The molecule has 2 rings (SSSR count). The highest BCUT2D eigenvalue weighted by Gasteiger charge is 2.07. The molecule has 1 aromatic heterocycles. The van der Waals surface area contributed by atoms with Gasteiger partial charge in [-0.25, -0.2) is 0 Å². The molecule has 2 amide bonds. The molecule has 0 aliphatic heterocycles. The van der Waals surface area contributed by atoms with E-state index >= 15 is 0 Å². The Bertz CT molecular complexity index is 708. The molecule has 0 atom stereocenters. The Balaban J connectivity index is 1.89. The van der Waals surface area contributed by atoms with E-state index in [-0.39, 0.29) is 23.9 Å². The summed E-state index contributed by atoms with van der Waals surface area (Å²) in [6.45, 7) is -0.142. The summed E-state index contributed by atoms with van der Waals surface area (Å²) < 4.78 is 1.36. The number of amides is 2. The smallest absolute Gasteiger partial charge is 0.251 e. The lowest BCUT2D eigenvalue weighted by molar-refractivity contribution is -0.115. The van der Waals surface area contributed by atoms with Crippen LogP contribution in [0.15, 0.2) is 53.5 Å². The standard InChI is InChI=1S/C15H15N3O3/c1-18-10-12(7-8-14(18)20)17-13(19)9-16-15(21)11-5-3-2-4-6-11/h2-8,10H,9H2,1H3,(H,16,21)(H,17,19). The van der Waals surface area contributed by atoms with Crippen LogP contribution in [0.5, 0.6) is 0 Å². The first-order valence-corrected chi connectivity index (χ1v) is 6.36. The number of hydrogen-bond donors (Lipinski definition) is 2. The number of anilines is 1. The van der Waals surface area contributed by atoms with Crippen molar-refractivity contribution in [3.63, 3.8) is 0 Å². The third kappa shape index (κ3) is 4.04. The molecule has 1 heterocycles. The summed E-state index contributed by atoms with van der Waals surface area (Å²) in [5, 5.41) is 5.13. The zero-order valence-corrected chi connectivity index (χ0v) is 11.5. The Kier molecular flexibility index (Phi) is 4.50. The van der Waals surface area contributed by atoms with Crippen LogP contribution in [-0.2, 0) is 11.8 Å². The molecule has 108 valence electrons. The molecule has 2 aromatic rings. The average Bonchev–Trinajstić information content (AvgIpc) is 2.49. The molecule has 1 aromatic carbocycles. The predicted octanol–water partition coefficient (Wildman–Crippen LogP) is 0.754. The molecular formula is C15H15N3O3. The fourth-order valence-corrected chi connectivity index (χ4v) is 1.73. The summed E-state index contributed by atoms with van der Waals surface area (Å²) in [6, 6.07) is 11.5. The fourth-order valence-electron chi connectivity index (χ4n) is 1.73. The van der Waals surface area contributed by atoms with Gasteiger partial charge in [-0.1, -0.05) is 18.2 Å². The average molecular weight is 285 g/mol. The van der Waals surface area contributed by atoms with Crippen LogP contribution in [0, 0.1) is 0 Å². The Morgan fingerprint density at radius 3 is 2.48 bits per heavy atom. The van der Waals surface area contributed by atoms with Crippen LogP contribution in [0.1, 0.15) is 10.4 Å². The minimum Gasteiger partial charge on any atom is -0.343 e. The van der Waals surface area contributed by atoms with E-state index in [1.54, 1.807) is 31.3 Å². The predicted molar refractivity (Wildman–Crippen MR) is 79.1 cm³/mol. The van der Waals surface area contributed by atoms with E-state index in [2.05, 4.69) is 10.6 Å². The van der Waals surface area contributed by atoms with Gasteiger partial charge < -0.3 is 15.2 Å². The topological polar surface area (TPSA) is 80.2 Å². The molecule has 0 aliphatic rings. The second-order valence-corrected chi connectivity index (χ2v) is 4.46.